The van der Waals surface area contributed by atoms with E-state index in [1.807, 2.05) is 6.92 Å². The molecule has 2 atom stereocenters. The van der Waals surface area contributed by atoms with E-state index in [1.165, 1.54) is 12.8 Å². The Balaban J connectivity index is 1.63. The SMILES string of the molecule is CCCCc1nc(CN2CCCC2C2CCCN2C(=O)CC)no1. The molecule has 2 aliphatic heterocycles. The largest absolute Gasteiger partial charge is 0.339 e. The molecule has 6 nitrogen and oxygen atoms in total. The number of amides is 1. The van der Waals surface area contributed by atoms with Gasteiger partial charge in [0, 0.05) is 31.5 Å². The fraction of sp³-hybridized carbons (Fsp3) is 0.833. The molecule has 1 aromatic rings. The number of hydrogen-bond donors (Lipinski definition) is 0. The molecule has 0 radical (unpaired) electrons. The van der Waals surface area contributed by atoms with Crippen LogP contribution in [-0.2, 0) is 17.8 Å². The van der Waals surface area contributed by atoms with Gasteiger partial charge in [0.05, 0.1) is 6.54 Å². The minimum absolute atomic E-state index is 0.297. The van der Waals surface area contributed by atoms with Gasteiger partial charge in [-0.05, 0) is 38.6 Å². The smallest absolute Gasteiger partial charge is 0.226 e. The lowest BCUT2D eigenvalue weighted by Gasteiger charge is -2.34. The van der Waals surface area contributed by atoms with Gasteiger partial charge in [0.15, 0.2) is 5.82 Å². The van der Waals surface area contributed by atoms with Gasteiger partial charge in [-0.1, -0.05) is 25.4 Å². The number of carbonyl (C=O) groups excluding carboxylic acids is 1. The first-order chi connectivity index (χ1) is 11.7. The maximum absolute atomic E-state index is 12.2. The molecule has 6 heteroatoms. The maximum atomic E-state index is 12.2. The summed E-state index contributed by atoms with van der Waals surface area (Å²) in [7, 11) is 0. The lowest BCUT2D eigenvalue weighted by atomic mass is 10.0. The number of rotatable bonds is 7. The molecule has 1 aromatic heterocycles. The van der Waals surface area contributed by atoms with Crippen LogP contribution in [0.5, 0.6) is 0 Å². The van der Waals surface area contributed by atoms with E-state index in [1.54, 1.807) is 0 Å². The van der Waals surface area contributed by atoms with Crippen molar-refractivity contribution in [1.82, 2.24) is 19.9 Å². The Morgan fingerprint density at radius 3 is 2.79 bits per heavy atom. The third-order valence-corrected chi connectivity index (χ3v) is 5.38. The zero-order valence-corrected chi connectivity index (χ0v) is 15.0. The first-order valence-corrected chi connectivity index (χ1v) is 9.58. The summed E-state index contributed by atoms with van der Waals surface area (Å²) in [6.45, 7) is 6.85. The molecule has 24 heavy (non-hydrogen) atoms. The molecule has 0 aliphatic carbocycles. The molecular weight excluding hydrogens is 304 g/mol. The van der Waals surface area contributed by atoms with Gasteiger partial charge >= 0.3 is 0 Å². The van der Waals surface area contributed by atoms with Crippen molar-refractivity contribution < 1.29 is 9.32 Å². The average molecular weight is 334 g/mol. The maximum Gasteiger partial charge on any atom is 0.226 e. The first kappa shape index (κ1) is 17.4. The van der Waals surface area contributed by atoms with Crippen molar-refractivity contribution in [2.75, 3.05) is 13.1 Å². The minimum Gasteiger partial charge on any atom is -0.339 e. The molecule has 3 rings (SSSR count). The highest BCUT2D eigenvalue weighted by Gasteiger charge is 2.39. The van der Waals surface area contributed by atoms with E-state index in [2.05, 4.69) is 26.9 Å². The Kier molecular flexibility index (Phi) is 5.87. The lowest BCUT2D eigenvalue weighted by molar-refractivity contribution is -0.132. The van der Waals surface area contributed by atoms with Crippen molar-refractivity contribution in [3.05, 3.63) is 11.7 Å². The summed E-state index contributed by atoms with van der Waals surface area (Å²) in [6.07, 6.45) is 8.31. The van der Waals surface area contributed by atoms with E-state index < -0.39 is 0 Å². The van der Waals surface area contributed by atoms with Crippen LogP contribution < -0.4 is 0 Å². The van der Waals surface area contributed by atoms with Crippen LogP contribution in [0.3, 0.4) is 0 Å². The average Bonchev–Trinajstić information content (AvgIpc) is 3.32. The van der Waals surface area contributed by atoms with E-state index in [0.29, 0.717) is 24.4 Å². The molecule has 0 spiro atoms. The van der Waals surface area contributed by atoms with Crippen LogP contribution in [0.1, 0.15) is 70.5 Å². The molecule has 0 N–H and O–H groups in total. The molecule has 0 aromatic carbocycles. The van der Waals surface area contributed by atoms with Crippen LogP contribution in [-0.4, -0.2) is 51.0 Å². The molecular formula is C18H30N4O2. The number of unbranched alkanes of at least 4 members (excludes halogenated alkanes) is 1. The summed E-state index contributed by atoms with van der Waals surface area (Å²) in [5, 5.41) is 4.16. The second-order valence-corrected chi connectivity index (χ2v) is 7.04. The van der Waals surface area contributed by atoms with Crippen LogP contribution in [0.25, 0.3) is 0 Å². The van der Waals surface area contributed by atoms with Crippen molar-refractivity contribution >= 4 is 5.91 Å². The van der Waals surface area contributed by atoms with Crippen LogP contribution in [0, 0.1) is 0 Å². The minimum atomic E-state index is 0.297. The lowest BCUT2D eigenvalue weighted by Crippen LogP contribution is -2.48. The fourth-order valence-electron chi connectivity index (χ4n) is 4.15. The number of aromatic nitrogens is 2. The molecule has 134 valence electrons. The van der Waals surface area contributed by atoms with Gasteiger partial charge < -0.3 is 9.42 Å². The van der Waals surface area contributed by atoms with E-state index in [4.69, 9.17) is 4.52 Å². The Labute approximate surface area is 144 Å². The molecule has 2 saturated heterocycles. The molecule has 3 heterocycles. The number of aryl methyl sites for hydroxylation is 1. The van der Waals surface area contributed by atoms with Crippen molar-refractivity contribution in [3.63, 3.8) is 0 Å². The summed E-state index contributed by atoms with van der Waals surface area (Å²) in [6, 6.07) is 0.812. The summed E-state index contributed by atoms with van der Waals surface area (Å²) in [5.74, 6) is 1.84. The van der Waals surface area contributed by atoms with Crippen molar-refractivity contribution in [3.8, 4) is 0 Å². The van der Waals surface area contributed by atoms with E-state index in [0.717, 1.165) is 63.5 Å². The van der Waals surface area contributed by atoms with Crippen molar-refractivity contribution in [2.24, 2.45) is 0 Å². The molecule has 2 unspecified atom stereocenters. The standard InChI is InChI=1S/C18H30N4O2/c1-3-5-10-17-19-16(20-24-17)13-21-11-6-8-14(21)15-9-7-12-22(15)18(23)4-2/h14-15H,3-13H2,1-2H3. The molecule has 0 bridgehead atoms. The van der Waals surface area contributed by atoms with Crippen LogP contribution in [0.2, 0.25) is 0 Å². The van der Waals surface area contributed by atoms with E-state index >= 15 is 0 Å². The number of nitrogens with zero attached hydrogens (tertiary/aromatic N) is 4. The summed E-state index contributed by atoms with van der Waals surface area (Å²) < 4.78 is 5.36. The van der Waals surface area contributed by atoms with Gasteiger partial charge in [0.25, 0.3) is 0 Å². The van der Waals surface area contributed by atoms with Gasteiger partial charge in [-0.25, -0.2) is 0 Å². The monoisotopic (exact) mass is 334 g/mol. The van der Waals surface area contributed by atoms with Crippen LogP contribution in [0.15, 0.2) is 4.52 Å². The van der Waals surface area contributed by atoms with Gasteiger partial charge in [-0.15, -0.1) is 0 Å². The summed E-state index contributed by atoms with van der Waals surface area (Å²) in [4.78, 5) is 21.3. The normalized spacial score (nSPS) is 24.8. The number of carbonyl (C=O) groups is 1. The topological polar surface area (TPSA) is 62.5 Å². The Morgan fingerprint density at radius 1 is 1.21 bits per heavy atom. The van der Waals surface area contributed by atoms with E-state index in [-0.39, 0.29) is 0 Å². The van der Waals surface area contributed by atoms with Crippen LogP contribution in [0.4, 0.5) is 0 Å². The third kappa shape index (κ3) is 3.79. The zero-order chi connectivity index (χ0) is 16.9. The highest BCUT2D eigenvalue weighted by Crippen LogP contribution is 2.31. The molecule has 0 saturated carbocycles. The van der Waals surface area contributed by atoms with Crippen molar-refractivity contribution in [1.29, 1.82) is 0 Å². The Morgan fingerprint density at radius 2 is 2.00 bits per heavy atom. The molecule has 2 aliphatic rings. The van der Waals surface area contributed by atoms with Gasteiger partial charge in [-0.2, -0.15) is 4.98 Å². The highest BCUT2D eigenvalue weighted by molar-refractivity contribution is 5.76. The Hall–Kier alpha value is -1.43. The third-order valence-electron chi connectivity index (χ3n) is 5.38. The Bertz CT molecular complexity index is 545. The fourth-order valence-corrected chi connectivity index (χ4v) is 4.15. The van der Waals surface area contributed by atoms with Gasteiger partial charge in [0.2, 0.25) is 11.8 Å². The van der Waals surface area contributed by atoms with Gasteiger partial charge in [0.1, 0.15) is 0 Å². The van der Waals surface area contributed by atoms with Crippen LogP contribution >= 0.6 is 0 Å². The number of likely N-dealkylation sites (tertiary alicyclic amines) is 2. The summed E-state index contributed by atoms with van der Waals surface area (Å²) >= 11 is 0. The summed E-state index contributed by atoms with van der Waals surface area (Å²) in [5.41, 5.74) is 0. The predicted octanol–water partition coefficient (Wildman–Crippen LogP) is 2.78. The highest BCUT2D eigenvalue weighted by atomic mass is 16.5. The second kappa shape index (κ2) is 8.10. The predicted molar refractivity (Wildman–Crippen MR) is 91.4 cm³/mol. The quantitative estimate of drug-likeness (QED) is 0.767. The van der Waals surface area contributed by atoms with Gasteiger partial charge in [-0.3, -0.25) is 9.69 Å². The number of hydrogen-bond acceptors (Lipinski definition) is 5. The second-order valence-electron chi connectivity index (χ2n) is 7.04. The first-order valence-electron chi connectivity index (χ1n) is 9.58. The zero-order valence-electron chi connectivity index (χ0n) is 15.0. The molecule has 2 fully saturated rings. The van der Waals surface area contributed by atoms with E-state index in [9.17, 15) is 4.79 Å². The van der Waals surface area contributed by atoms with Crippen molar-refractivity contribution in [2.45, 2.75) is 83.8 Å². The molecule has 1 amide bonds.